The molecule has 1 aliphatic rings. The average Bonchev–Trinajstić information content (AvgIpc) is 3.21. The van der Waals surface area contributed by atoms with Crippen LogP contribution in [0.2, 0.25) is 0 Å². The molecule has 156 valence electrons. The standard InChI is InChI=1S/C21H22N4O4S/c1-15-22-20(24-29-15)18-9-5-6-10-19(18)23-21(26)16-11-13-25(14-12-16)30(27,28)17-7-3-2-4-8-17/h2-10,16H,11-14H2,1H3,(H,23,26). The highest BCUT2D eigenvalue weighted by Crippen LogP contribution is 2.28. The Morgan fingerprint density at radius 1 is 1.07 bits per heavy atom. The fourth-order valence-corrected chi connectivity index (χ4v) is 5.02. The maximum Gasteiger partial charge on any atom is 0.243 e. The number of amides is 1. The van der Waals surface area contributed by atoms with Crippen molar-refractivity contribution < 1.29 is 17.7 Å². The van der Waals surface area contributed by atoms with E-state index in [4.69, 9.17) is 4.52 Å². The molecule has 0 atom stereocenters. The Labute approximate surface area is 175 Å². The SMILES string of the molecule is Cc1nc(-c2ccccc2NC(=O)C2CCN(S(=O)(=O)c3ccccc3)CC2)no1. The van der Waals surface area contributed by atoms with Crippen molar-refractivity contribution in [3.05, 3.63) is 60.5 Å². The van der Waals surface area contributed by atoms with Gasteiger partial charge in [0.05, 0.1) is 10.6 Å². The number of carbonyl (C=O) groups is 1. The molecule has 2 heterocycles. The van der Waals surface area contributed by atoms with Crippen LogP contribution in [-0.2, 0) is 14.8 Å². The lowest BCUT2D eigenvalue weighted by Crippen LogP contribution is -2.41. The molecule has 1 fully saturated rings. The van der Waals surface area contributed by atoms with Crippen molar-refractivity contribution in [3.8, 4) is 11.4 Å². The van der Waals surface area contributed by atoms with E-state index in [1.54, 1.807) is 43.3 Å². The summed E-state index contributed by atoms with van der Waals surface area (Å²) in [4.78, 5) is 17.3. The van der Waals surface area contributed by atoms with E-state index in [-0.39, 0.29) is 16.7 Å². The predicted octanol–water partition coefficient (Wildman–Crippen LogP) is 3.08. The summed E-state index contributed by atoms with van der Waals surface area (Å²) in [5.74, 6) is 0.442. The van der Waals surface area contributed by atoms with E-state index in [0.29, 0.717) is 48.9 Å². The molecule has 0 spiro atoms. The van der Waals surface area contributed by atoms with Crippen LogP contribution in [0, 0.1) is 12.8 Å². The molecule has 8 nitrogen and oxygen atoms in total. The summed E-state index contributed by atoms with van der Waals surface area (Å²) >= 11 is 0. The maximum atomic E-state index is 12.8. The molecule has 9 heteroatoms. The molecule has 0 bridgehead atoms. The summed E-state index contributed by atoms with van der Waals surface area (Å²) in [6, 6.07) is 15.6. The third-order valence-corrected chi connectivity index (χ3v) is 7.07. The van der Waals surface area contributed by atoms with Crippen molar-refractivity contribution in [2.75, 3.05) is 18.4 Å². The highest BCUT2D eigenvalue weighted by molar-refractivity contribution is 7.89. The summed E-state index contributed by atoms with van der Waals surface area (Å²) < 4.78 is 32.0. The molecular formula is C21H22N4O4S. The van der Waals surface area contributed by atoms with Crippen LogP contribution in [0.1, 0.15) is 18.7 Å². The summed E-state index contributed by atoms with van der Waals surface area (Å²) in [6.07, 6.45) is 0.919. The van der Waals surface area contributed by atoms with Crippen molar-refractivity contribution in [3.63, 3.8) is 0 Å². The lowest BCUT2D eigenvalue weighted by molar-refractivity contribution is -0.120. The minimum Gasteiger partial charge on any atom is -0.339 e. The Balaban J connectivity index is 1.43. The van der Waals surface area contributed by atoms with Crippen LogP contribution in [0.5, 0.6) is 0 Å². The molecule has 2 aromatic carbocycles. The largest absolute Gasteiger partial charge is 0.339 e. The molecule has 4 rings (SSSR count). The smallest absolute Gasteiger partial charge is 0.243 e. The van der Waals surface area contributed by atoms with Crippen LogP contribution >= 0.6 is 0 Å². The van der Waals surface area contributed by atoms with Gasteiger partial charge in [-0.1, -0.05) is 35.5 Å². The topological polar surface area (TPSA) is 105 Å². The number of benzene rings is 2. The predicted molar refractivity (Wildman–Crippen MR) is 111 cm³/mol. The summed E-state index contributed by atoms with van der Waals surface area (Å²) in [5, 5.41) is 6.87. The van der Waals surface area contributed by atoms with Gasteiger partial charge >= 0.3 is 0 Å². The number of hydrogen-bond acceptors (Lipinski definition) is 6. The Bertz CT molecular complexity index is 1140. The molecule has 1 amide bonds. The van der Waals surface area contributed by atoms with Crippen molar-refractivity contribution in [1.82, 2.24) is 14.4 Å². The van der Waals surface area contributed by atoms with E-state index in [1.807, 2.05) is 18.2 Å². The number of carbonyl (C=O) groups excluding carboxylic acids is 1. The molecule has 0 radical (unpaired) electrons. The monoisotopic (exact) mass is 426 g/mol. The number of aryl methyl sites for hydroxylation is 1. The van der Waals surface area contributed by atoms with Crippen molar-refractivity contribution >= 4 is 21.6 Å². The second-order valence-electron chi connectivity index (χ2n) is 7.16. The van der Waals surface area contributed by atoms with Gasteiger partial charge in [0.25, 0.3) is 0 Å². The first kappa shape index (κ1) is 20.2. The zero-order chi connectivity index (χ0) is 21.1. The van der Waals surface area contributed by atoms with E-state index in [0.717, 1.165) is 0 Å². The lowest BCUT2D eigenvalue weighted by atomic mass is 9.97. The van der Waals surface area contributed by atoms with Crippen molar-refractivity contribution in [1.29, 1.82) is 0 Å². The summed E-state index contributed by atoms with van der Waals surface area (Å²) in [5.41, 5.74) is 1.27. The van der Waals surface area contributed by atoms with Crippen LogP contribution < -0.4 is 5.32 Å². The van der Waals surface area contributed by atoms with Gasteiger partial charge in [-0.25, -0.2) is 8.42 Å². The fraction of sp³-hybridized carbons (Fsp3) is 0.286. The second-order valence-corrected chi connectivity index (χ2v) is 9.10. The highest BCUT2D eigenvalue weighted by Gasteiger charge is 2.32. The van der Waals surface area contributed by atoms with Gasteiger partial charge in [0.2, 0.25) is 27.6 Å². The molecule has 0 saturated carbocycles. The third-order valence-electron chi connectivity index (χ3n) is 5.16. The first-order valence-corrected chi connectivity index (χ1v) is 11.1. The van der Waals surface area contributed by atoms with E-state index < -0.39 is 10.0 Å². The van der Waals surface area contributed by atoms with Crippen LogP contribution in [-0.4, -0.2) is 41.9 Å². The van der Waals surface area contributed by atoms with Crippen LogP contribution in [0.3, 0.4) is 0 Å². The molecular weight excluding hydrogens is 404 g/mol. The highest BCUT2D eigenvalue weighted by atomic mass is 32.2. The number of nitrogens with zero attached hydrogens (tertiary/aromatic N) is 3. The molecule has 0 unspecified atom stereocenters. The minimum absolute atomic E-state index is 0.139. The average molecular weight is 426 g/mol. The third kappa shape index (κ3) is 4.12. The first-order valence-electron chi connectivity index (χ1n) is 9.71. The molecule has 1 N–H and O–H groups in total. The van der Waals surface area contributed by atoms with Gasteiger partial charge in [0, 0.05) is 31.5 Å². The number of anilines is 1. The number of rotatable bonds is 5. The number of nitrogens with one attached hydrogen (secondary N) is 1. The van der Waals surface area contributed by atoms with Gasteiger partial charge < -0.3 is 9.84 Å². The van der Waals surface area contributed by atoms with E-state index in [1.165, 1.54) is 4.31 Å². The first-order chi connectivity index (χ1) is 14.4. The van der Waals surface area contributed by atoms with Crippen LogP contribution in [0.25, 0.3) is 11.4 Å². The number of para-hydroxylation sites is 1. The number of hydrogen-bond donors (Lipinski definition) is 1. The van der Waals surface area contributed by atoms with Gasteiger partial charge in [-0.2, -0.15) is 9.29 Å². The van der Waals surface area contributed by atoms with Crippen molar-refractivity contribution in [2.24, 2.45) is 5.92 Å². The Morgan fingerprint density at radius 3 is 2.40 bits per heavy atom. The van der Waals surface area contributed by atoms with Gasteiger partial charge in [0.15, 0.2) is 0 Å². The fourth-order valence-electron chi connectivity index (χ4n) is 3.53. The van der Waals surface area contributed by atoms with Gasteiger partial charge in [0.1, 0.15) is 0 Å². The molecule has 1 saturated heterocycles. The van der Waals surface area contributed by atoms with Crippen LogP contribution in [0.15, 0.2) is 64.0 Å². The Hall–Kier alpha value is -3.04. The molecule has 1 aromatic heterocycles. The van der Waals surface area contributed by atoms with Gasteiger partial charge in [-0.3, -0.25) is 4.79 Å². The van der Waals surface area contributed by atoms with Gasteiger partial charge in [-0.15, -0.1) is 0 Å². The number of piperidine rings is 1. The Morgan fingerprint density at radius 2 is 1.73 bits per heavy atom. The minimum atomic E-state index is -3.54. The Kier molecular flexibility index (Phi) is 5.65. The van der Waals surface area contributed by atoms with Crippen LogP contribution in [0.4, 0.5) is 5.69 Å². The molecule has 3 aromatic rings. The number of aromatic nitrogens is 2. The van der Waals surface area contributed by atoms with E-state index in [9.17, 15) is 13.2 Å². The summed E-state index contributed by atoms with van der Waals surface area (Å²) in [7, 11) is -3.54. The summed E-state index contributed by atoms with van der Waals surface area (Å²) in [6.45, 7) is 2.32. The number of sulfonamides is 1. The maximum absolute atomic E-state index is 12.8. The molecule has 1 aliphatic heterocycles. The zero-order valence-corrected chi connectivity index (χ0v) is 17.3. The van der Waals surface area contributed by atoms with E-state index >= 15 is 0 Å². The normalized spacial score (nSPS) is 15.8. The lowest BCUT2D eigenvalue weighted by Gasteiger charge is -2.30. The quantitative estimate of drug-likeness (QED) is 0.672. The molecule has 30 heavy (non-hydrogen) atoms. The van der Waals surface area contributed by atoms with Gasteiger partial charge in [-0.05, 0) is 37.1 Å². The zero-order valence-electron chi connectivity index (χ0n) is 16.5. The van der Waals surface area contributed by atoms with Crippen molar-refractivity contribution in [2.45, 2.75) is 24.7 Å². The van der Waals surface area contributed by atoms with E-state index in [2.05, 4.69) is 15.5 Å². The molecule has 0 aliphatic carbocycles. The second kappa shape index (κ2) is 8.37.